The lowest BCUT2D eigenvalue weighted by atomic mass is 9.94. The highest BCUT2D eigenvalue weighted by atomic mass is 15.2. The minimum atomic E-state index is 0.686. The zero-order valence-electron chi connectivity index (χ0n) is 14.7. The maximum atomic E-state index is 4.48. The number of hydrogen-bond donors (Lipinski definition) is 1. The second kappa shape index (κ2) is 7.23. The lowest BCUT2D eigenvalue weighted by molar-refractivity contribution is 0.163. The van der Waals surface area contributed by atoms with E-state index in [1.165, 1.54) is 24.4 Å². The van der Waals surface area contributed by atoms with Gasteiger partial charge in [0.2, 0.25) is 0 Å². The largest absolute Gasteiger partial charge is 0.338 e. The van der Waals surface area contributed by atoms with Crippen LogP contribution in [0.5, 0.6) is 0 Å². The topological polar surface area (TPSA) is 49.7 Å². The summed E-state index contributed by atoms with van der Waals surface area (Å²) in [5, 5.41) is 7.69. The second-order valence-electron chi connectivity index (χ2n) is 7.05. The summed E-state index contributed by atoms with van der Waals surface area (Å²) in [6.07, 6.45) is 7.55. The highest BCUT2D eigenvalue weighted by Crippen LogP contribution is 2.23. The van der Waals surface area contributed by atoms with Gasteiger partial charge in [-0.25, -0.2) is 4.98 Å². The third-order valence-corrected chi connectivity index (χ3v) is 5.09. The van der Waals surface area contributed by atoms with Gasteiger partial charge >= 0.3 is 0 Å². The van der Waals surface area contributed by atoms with Crippen LogP contribution in [0.25, 0.3) is 11.3 Å². The van der Waals surface area contributed by atoms with Gasteiger partial charge in [-0.05, 0) is 31.4 Å². The molecule has 1 atom stereocenters. The second-order valence-corrected chi connectivity index (χ2v) is 7.05. The normalized spacial score (nSPS) is 18.5. The van der Waals surface area contributed by atoms with Crippen LogP contribution >= 0.6 is 0 Å². The van der Waals surface area contributed by atoms with Crippen LogP contribution in [0.3, 0.4) is 0 Å². The predicted molar refractivity (Wildman–Crippen MR) is 98.9 cm³/mol. The zero-order valence-corrected chi connectivity index (χ0v) is 14.7. The summed E-state index contributed by atoms with van der Waals surface area (Å²) in [5.74, 6) is 1.88. The smallest absolute Gasteiger partial charge is 0.108 e. The number of benzene rings is 1. The summed E-state index contributed by atoms with van der Waals surface area (Å²) in [5.41, 5.74) is 3.38. The molecule has 0 aliphatic carbocycles. The molecule has 0 spiro atoms. The highest BCUT2D eigenvalue weighted by molar-refractivity contribution is 5.58. The van der Waals surface area contributed by atoms with E-state index in [0.29, 0.717) is 5.92 Å². The molecule has 1 fully saturated rings. The average molecular weight is 335 g/mol. The van der Waals surface area contributed by atoms with Crippen molar-refractivity contribution in [1.82, 2.24) is 24.6 Å². The maximum absolute atomic E-state index is 4.48. The van der Waals surface area contributed by atoms with Crippen LogP contribution in [0.2, 0.25) is 0 Å². The molecule has 1 saturated heterocycles. The number of aromatic amines is 1. The molecule has 130 valence electrons. The van der Waals surface area contributed by atoms with Gasteiger partial charge < -0.3 is 4.57 Å². The molecule has 1 aromatic carbocycles. The molecule has 5 heteroatoms. The Bertz CT molecular complexity index is 804. The predicted octanol–water partition coefficient (Wildman–Crippen LogP) is 3.26. The van der Waals surface area contributed by atoms with E-state index in [0.717, 1.165) is 37.3 Å². The van der Waals surface area contributed by atoms with E-state index in [2.05, 4.69) is 62.0 Å². The van der Waals surface area contributed by atoms with E-state index in [-0.39, 0.29) is 0 Å². The van der Waals surface area contributed by atoms with Crippen molar-refractivity contribution in [2.75, 3.05) is 13.1 Å². The van der Waals surface area contributed by atoms with Gasteiger partial charge in [0.15, 0.2) is 0 Å². The Morgan fingerprint density at radius 3 is 2.92 bits per heavy atom. The van der Waals surface area contributed by atoms with Crippen LogP contribution in [-0.2, 0) is 20.0 Å². The molecule has 1 aliphatic rings. The maximum Gasteiger partial charge on any atom is 0.108 e. The summed E-state index contributed by atoms with van der Waals surface area (Å²) < 4.78 is 2.14. The fourth-order valence-electron chi connectivity index (χ4n) is 3.75. The minimum Gasteiger partial charge on any atom is -0.338 e. The van der Waals surface area contributed by atoms with Gasteiger partial charge in [-0.3, -0.25) is 10.00 Å². The van der Waals surface area contributed by atoms with Gasteiger partial charge in [0.1, 0.15) is 5.82 Å². The quantitative estimate of drug-likeness (QED) is 0.778. The molecule has 3 aromatic rings. The van der Waals surface area contributed by atoms with Crippen LogP contribution in [-0.4, -0.2) is 37.7 Å². The number of hydrogen-bond acceptors (Lipinski definition) is 3. The number of imidazole rings is 1. The van der Waals surface area contributed by atoms with Crippen molar-refractivity contribution >= 4 is 0 Å². The number of nitrogens with one attached hydrogen (secondary N) is 1. The summed E-state index contributed by atoms with van der Waals surface area (Å²) in [6, 6.07) is 12.5. The Labute approximate surface area is 148 Å². The van der Waals surface area contributed by atoms with Crippen molar-refractivity contribution in [3.8, 4) is 11.3 Å². The Morgan fingerprint density at radius 2 is 2.12 bits per heavy atom. The fraction of sp³-hybridized carbons (Fsp3) is 0.400. The first-order valence-corrected chi connectivity index (χ1v) is 9.06. The number of likely N-dealkylation sites (tertiary alicyclic amines) is 1. The van der Waals surface area contributed by atoms with E-state index in [1.54, 1.807) is 0 Å². The number of aryl methyl sites for hydroxylation is 1. The standard InChI is InChI=1S/C20H25N5/c1-24-11-9-21-20(24)12-16-6-5-10-25(14-16)15-18-13-19(23-22-18)17-7-3-2-4-8-17/h2-4,7-9,11,13,16H,5-6,10,12,14-15H2,1H3,(H,22,23)/t16-/m0/s1. The molecular formula is C20H25N5. The average Bonchev–Trinajstić information content (AvgIpc) is 3.26. The van der Waals surface area contributed by atoms with Gasteiger partial charge in [-0.1, -0.05) is 30.3 Å². The highest BCUT2D eigenvalue weighted by Gasteiger charge is 2.22. The molecule has 0 amide bonds. The summed E-state index contributed by atoms with van der Waals surface area (Å²) in [6.45, 7) is 3.24. The SMILES string of the molecule is Cn1ccnc1C[C@@H]1CCCN(Cc2cc(-c3ccccc3)n[nH]2)C1. The van der Waals surface area contributed by atoms with Crippen molar-refractivity contribution in [2.24, 2.45) is 13.0 Å². The number of piperidine rings is 1. The zero-order chi connectivity index (χ0) is 17.1. The molecule has 2 aromatic heterocycles. The Kier molecular flexibility index (Phi) is 4.65. The number of nitrogens with zero attached hydrogens (tertiary/aromatic N) is 4. The molecule has 3 heterocycles. The van der Waals surface area contributed by atoms with Crippen LogP contribution in [0.4, 0.5) is 0 Å². The van der Waals surface area contributed by atoms with Gasteiger partial charge in [-0.15, -0.1) is 0 Å². The first-order valence-electron chi connectivity index (χ1n) is 9.06. The summed E-state index contributed by atoms with van der Waals surface area (Å²) in [7, 11) is 2.08. The monoisotopic (exact) mass is 335 g/mol. The molecule has 0 saturated carbocycles. The van der Waals surface area contributed by atoms with Gasteiger partial charge in [-0.2, -0.15) is 5.10 Å². The Hall–Kier alpha value is -2.40. The molecule has 5 nitrogen and oxygen atoms in total. The van der Waals surface area contributed by atoms with Crippen molar-refractivity contribution in [3.63, 3.8) is 0 Å². The Balaban J connectivity index is 1.38. The minimum absolute atomic E-state index is 0.686. The molecule has 0 bridgehead atoms. The number of rotatable bonds is 5. The van der Waals surface area contributed by atoms with Crippen molar-refractivity contribution in [1.29, 1.82) is 0 Å². The van der Waals surface area contributed by atoms with E-state index in [4.69, 9.17) is 0 Å². The first-order chi connectivity index (χ1) is 12.3. The molecule has 0 radical (unpaired) electrons. The lowest BCUT2D eigenvalue weighted by Crippen LogP contribution is -2.36. The van der Waals surface area contributed by atoms with Crippen LogP contribution in [0.15, 0.2) is 48.8 Å². The molecule has 25 heavy (non-hydrogen) atoms. The first kappa shape index (κ1) is 16.1. The van der Waals surface area contributed by atoms with E-state index >= 15 is 0 Å². The van der Waals surface area contributed by atoms with E-state index in [9.17, 15) is 0 Å². The molecule has 0 unspecified atom stereocenters. The summed E-state index contributed by atoms with van der Waals surface area (Å²) >= 11 is 0. The lowest BCUT2D eigenvalue weighted by Gasteiger charge is -2.32. The molecule has 1 aliphatic heterocycles. The fourth-order valence-corrected chi connectivity index (χ4v) is 3.75. The number of aromatic nitrogens is 4. The van der Waals surface area contributed by atoms with Crippen LogP contribution in [0.1, 0.15) is 24.4 Å². The third kappa shape index (κ3) is 3.82. The molecule has 1 N–H and O–H groups in total. The summed E-state index contributed by atoms with van der Waals surface area (Å²) in [4.78, 5) is 7.03. The van der Waals surface area contributed by atoms with Gasteiger partial charge in [0.05, 0.1) is 5.69 Å². The van der Waals surface area contributed by atoms with Gasteiger partial charge in [0, 0.05) is 50.2 Å². The van der Waals surface area contributed by atoms with E-state index < -0.39 is 0 Å². The van der Waals surface area contributed by atoms with Crippen molar-refractivity contribution < 1.29 is 0 Å². The molecular weight excluding hydrogens is 310 g/mol. The van der Waals surface area contributed by atoms with Crippen LogP contribution < -0.4 is 0 Å². The molecule has 4 rings (SSSR count). The van der Waals surface area contributed by atoms with E-state index in [1.807, 2.05) is 18.5 Å². The Morgan fingerprint density at radius 1 is 1.24 bits per heavy atom. The van der Waals surface area contributed by atoms with Gasteiger partial charge in [0.25, 0.3) is 0 Å². The number of H-pyrrole nitrogens is 1. The third-order valence-electron chi connectivity index (χ3n) is 5.09. The van der Waals surface area contributed by atoms with Crippen molar-refractivity contribution in [3.05, 3.63) is 60.3 Å². The van der Waals surface area contributed by atoms with Crippen molar-refractivity contribution in [2.45, 2.75) is 25.8 Å². The van der Waals surface area contributed by atoms with Crippen LogP contribution in [0, 0.1) is 5.92 Å².